The predicted octanol–water partition coefficient (Wildman–Crippen LogP) is 3.53. The monoisotopic (exact) mass is 329 g/mol. The number of anilines is 2. The summed E-state index contributed by atoms with van der Waals surface area (Å²) in [6, 6.07) is 8.24. The van der Waals surface area contributed by atoms with Crippen molar-refractivity contribution in [3.63, 3.8) is 0 Å². The van der Waals surface area contributed by atoms with Crippen molar-refractivity contribution in [2.45, 2.75) is 40.5 Å². The number of hydrogen-bond acceptors (Lipinski definition) is 4. The normalized spacial score (nSPS) is 10.3. The summed E-state index contributed by atoms with van der Waals surface area (Å²) in [5.41, 5.74) is 11.3. The first-order valence-corrected chi connectivity index (χ1v) is 8.20. The van der Waals surface area contributed by atoms with Crippen LogP contribution in [0.25, 0.3) is 0 Å². The lowest BCUT2D eigenvalue weighted by atomic mass is 10.0. The molecule has 3 N–H and O–H groups in total. The Hall–Kier alpha value is -2.21. The molecule has 0 atom stereocenters. The van der Waals surface area contributed by atoms with E-state index in [9.17, 15) is 0 Å². The number of nitrogens with one attached hydrogen (secondary N) is 3. The lowest BCUT2D eigenvalue weighted by Gasteiger charge is -2.17. The fourth-order valence-corrected chi connectivity index (χ4v) is 2.60. The molecule has 0 aliphatic heterocycles. The van der Waals surface area contributed by atoms with Crippen molar-refractivity contribution in [3.05, 3.63) is 46.8 Å². The minimum absolute atomic E-state index is 0.489. The number of aryl methyl sites for hydroxylation is 4. The van der Waals surface area contributed by atoms with E-state index in [1.54, 1.807) is 0 Å². The van der Waals surface area contributed by atoms with Gasteiger partial charge in [0.2, 0.25) is 5.95 Å². The Morgan fingerprint density at radius 1 is 1.04 bits per heavy atom. The highest BCUT2D eigenvalue weighted by molar-refractivity contribution is 7.80. The van der Waals surface area contributed by atoms with Crippen LogP contribution < -0.4 is 16.2 Å². The van der Waals surface area contributed by atoms with E-state index < -0.39 is 0 Å². The van der Waals surface area contributed by atoms with Crippen LogP contribution >= 0.6 is 12.2 Å². The van der Waals surface area contributed by atoms with Gasteiger partial charge in [0.1, 0.15) is 0 Å². The fraction of sp³-hybridized carbons (Fsp3) is 0.353. The van der Waals surface area contributed by atoms with Crippen LogP contribution in [0.3, 0.4) is 0 Å². The summed E-state index contributed by atoms with van der Waals surface area (Å²) in [6.45, 7) is 8.14. The zero-order valence-electron chi connectivity index (χ0n) is 14.0. The molecular formula is C17H23N5S. The first-order valence-electron chi connectivity index (χ1n) is 7.79. The Bertz CT molecular complexity index is 657. The molecule has 5 nitrogen and oxygen atoms in total. The molecule has 23 heavy (non-hydrogen) atoms. The minimum atomic E-state index is 0.489. The number of hydrogen-bond donors (Lipinski definition) is 3. The molecule has 2 aromatic rings. The summed E-state index contributed by atoms with van der Waals surface area (Å²) in [5, 5.41) is 3.77. The van der Waals surface area contributed by atoms with E-state index in [4.69, 9.17) is 12.2 Å². The summed E-state index contributed by atoms with van der Waals surface area (Å²) in [4.78, 5) is 8.62. The van der Waals surface area contributed by atoms with Crippen LogP contribution in [-0.4, -0.2) is 15.1 Å². The molecule has 0 bridgehead atoms. The van der Waals surface area contributed by atoms with Gasteiger partial charge in [0.15, 0.2) is 5.11 Å². The molecule has 0 unspecified atom stereocenters. The molecule has 0 aliphatic rings. The molecule has 0 saturated carbocycles. The van der Waals surface area contributed by atoms with Gasteiger partial charge in [0, 0.05) is 17.1 Å². The number of rotatable bonds is 5. The van der Waals surface area contributed by atoms with Gasteiger partial charge >= 0.3 is 0 Å². The van der Waals surface area contributed by atoms with Crippen LogP contribution in [0.15, 0.2) is 24.3 Å². The van der Waals surface area contributed by atoms with Gasteiger partial charge in [-0.3, -0.25) is 10.9 Å². The fourth-order valence-electron chi connectivity index (χ4n) is 2.44. The molecule has 0 spiro atoms. The number of hydrazine groups is 1. The second-order valence-electron chi connectivity index (χ2n) is 5.34. The summed E-state index contributed by atoms with van der Waals surface area (Å²) < 4.78 is 0. The maximum absolute atomic E-state index is 5.38. The molecule has 0 saturated heterocycles. The largest absolute Gasteiger partial charge is 0.331 e. The molecule has 0 amide bonds. The minimum Gasteiger partial charge on any atom is -0.331 e. The van der Waals surface area contributed by atoms with Gasteiger partial charge in [-0.15, -0.1) is 0 Å². The Kier molecular flexibility index (Phi) is 5.87. The first kappa shape index (κ1) is 17.1. The van der Waals surface area contributed by atoms with Gasteiger partial charge in [0.05, 0.1) is 0 Å². The quantitative estimate of drug-likeness (QED) is 0.576. The van der Waals surface area contributed by atoms with E-state index in [0.717, 1.165) is 29.9 Å². The summed E-state index contributed by atoms with van der Waals surface area (Å²) in [6.07, 6.45) is 1.90. The summed E-state index contributed by atoms with van der Waals surface area (Å²) in [5.74, 6) is 0.506. The van der Waals surface area contributed by atoms with Crippen LogP contribution in [0, 0.1) is 13.8 Å². The van der Waals surface area contributed by atoms with Crippen LogP contribution in [0.2, 0.25) is 0 Å². The van der Waals surface area contributed by atoms with E-state index in [0.29, 0.717) is 11.1 Å². The third-order valence-electron chi connectivity index (χ3n) is 3.51. The molecule has 122 valence electrons. The summed E-state index contributed by atoms with van der Waals surface area (Å²) in [7, 11) is 0. The molecule has 0 aliphatic carbocycles. The van der Waals surface area contributed by atoms with Crippen molar-refractivity contribution < 1.29 is 0 Å². The van der Waals surface area contributed by atoms with Crippen molar-refractivity contribution >= 4 is 29.0 Å². The zero-order valence-corrected chi connectivity index (χ0v) is 14.8. The molecule has 6 heteroatoms. The van der Waals surface area contributed by atoms with Gasteiger partial charge in [-0.05, 0) is 56.1 Å². The van der Waals surface area contributed by atoms with Crippen molar-refractivity contribution in [2.75, 3.05) is 10.7 Å². The van der Waals surface area contributed by atoms with Crippen LogP contribution in [0.1, 0.15) is 36.4 Å². The second kappa shape index (κ2) is 7.87. The van der Waals surface area contributed by atoms with Gasteiger partial charge in [-0.25, -0.2) is 9.97 Å². The lowest BCUT2D eigenvalue weighted by molar-refractivity contribution is 0.990. The van der Waals surface area contributed by atoms with E-state index in [1.165, 1.54) is 11.1 Å². The molecule has 2 rings (SSSR count). The first-order chi connectivity index (χ1) is 11.0. The SMILES string of the molecule is CCc1cccc(CC)c1NC(=S)NNc1nc(C)cc(C)n1. The molecular weight excluding hydrogens is 306 g/mol. The molecule has 0 fully saturated rings. The van der Waals surface area contributed by atoms with E-state index in [-0.39, 0.29) is 0 Å². The Labute approximate surface area is 142 Å². The average molecular weight is 329 g/mol. The maximum Gasteiger partial charge on any atom is 0.242 e. The second-order valence-corrected chi connectivity index (χ2v) is 5.75. The van der Waals surface area contributed by atoms with Crippen molar-refractivity contribution in [3.8, 4) is 0 Å². The van der Waals surface area contributed by atoms with Crippen molar-refractivity contribution in [1.82, 2.24) is 15.4 Å². The predicted molar refractivity (Wildman–Crippen MR) is 99.7 cm³/mol. The Balaban J connectivity index is 2.05. The lowest BCUT2D eigenvalue weighted by Crippen LogP contribution is -2.34. The highest BCUT2D eigenvalue weighted by Crippen LogP contribution is 2.22. The van der Waals surface area contributed by atoms with Crippen LogP contribution in [0.5, 0.6) is 0 Å². The van der Waals surface area contributed by atoms with Crippen molar-refractivity contribution in [1.29, 1.82) is 0 Å². The summed E-state index contributed by atoms with van der Waals surface area (Å²) >= 11 is 5.38. The number of aromatic nitrogens is 2. The van der Waals surface area contributed by atoms with Crippen molar-refractivity contribution in [2.24, 2.45) is 0 Å². The van der Waals surface area contributed by atoms with Gasteiger partial charge < -0.3 is 5.32 Å². The highest BCUT2D eigenvalue weighted by Gasteiger charge is 2.08. The maximum atomic E-state index is 5.38. The number of para-hydroxylation sites is 1. The highest BCUT2D eigenvalue weighted by atomic mass is 32.1. The molecule has 1 aromatic carbocycles. The number of thiocarbonyl (C=S) groups is 1. The molecule has 1 aromatic heterocycles. The van der Waals surface area contributed by atoms with Gasteiger partial charge in [0.25, 0.3) is 0 Å². The third kappa shape index (κ3) is 4.63. The van der Waals surface area contributed by atoms with Gasteiger partial charge in [-0.2, -0.15) is 0 Å². The van der Waals surface area contributed by atoms with E-state index in [2.05, 4.69) is 58.2 Å². The molecule has 1 heterocycles. The van der Waals surface area contributed by atoms with E-state index in [1.807, 2.05) is 19.9 Å². The topological polar surface area (TPSA) is 61.9 Å². The molecule has 0 radical (unpaired) electrons. The zero-order chi connectivity index (χ0) is 16.8. The van der Waals surface area contributed by atoms with Crippen LogP contribution in [0.4, 0.5) is 11.6 Å². The number of benzene rings is 1. The van der Waals surface area contributed by atoms with E-state index >= 15 is 0 Å². The standard InChI is InChI=1S/C17H23N5S/c1-5-13-8-7-9-14(6-2)15(13)20-17(23)22-21-16-18-11(3)10-12(4)19-16/h7-10H,5-6H2,1-4H3,(H,18,19,21)(H2,20,22,23). The average Bonchev–Trinajstić information content (AvgIpc) is 2.52. The van der Waals surface area contributed by atoms with Crippen LogP contribution in [-0.2, 0) is 12.8 Å². The third-order valence-corrected chi connectivity index (χ3v) is 3.71. The Morgan fingerprint density at radius 2 is 1.61 bits per heavy atom. The Morgan fingerprint density at radius 3 is 2.13 bits per heavy atom. The smallest absolute Gasteiger partial charge is 0.242 e. The number of nitrogens with zero attached hydrogens (tertiary/aromatic N) is 2. The van der Waals surface area contributed by atoms with Gasteiger partial charge in [-0.1, -0.05) is 32.0 Å².